The number of esters is 1. The van der Waals surface area contributed by atoms with Crippen LogP contribution in [0.25, 0.3) is 10.9 Å². The van der Waals surface area contributed by atoms with Crippen LogP contribution >= 0.6 is 0 Å². The van der Waals surface area contributed by atoms with E-state index in [1.807, 2.05) is 19.9 Å². The molecule has 2 bridgehead atoms. The molecule has 3 aliphatic carbocycles. The van der Waals surface area contributed by atoms with Crippen LogP contribution in [-0.4, -0.2) is 64.3 Å². The first-order valence-corrected chi connectivity index (χ1v) is 14.1. The summed E-state index contributed by atoms with van der Waals surface area (Å²) in [4.78, 5) is 28.5. The molecule has 0 amide bonds. The van der Waals surface area contributed by atoms with Gasteiger partial charge < -0.3 is 29.0 Å². The molecule has 1 saturated heterocycles. The zero-order chi connectivity index (χ0) is 27.6. The van der Waals surface area contributed by atoms with E-state index in [9.17, 15) is 14.7 Å². The molecule has 1 spiro atoms. The van der Waals surface area contributed by atoms with E-state index < -0.39 is 40.0 Å². The van der Waals surface area contributed by atoms with E-state index >= 15 is 0 Å². The fourth-order valence-electron chi connectivity index (χ4n) is 8.96. The minimum absolute atomic E-state index is 0.0927. The zero-order valence-electron chi connectivity index (χ0n) is 23.3. The number of hydrogen-bond donors (Lipinski definition) is 2. The van der Waals surface area contributed by atoms with Crippen molar-refractivity contribution in [3.63, 3.8) is 0 Å². The van der Waals surface area contributed by atoms with Crippen molar-refractivity contribution in [3.05, 3.63) is 47.2 Å². The number of aliphatic hydroxyl groups is 1. The van der Waals surface area contributed by atoms with Gasteiger partial charge in [-0.2, -0.15) is 0 Å². The topological polar surface area (TPSA) is 107 Å². The van der Waals surface area contributed by atoms with E-state index in [1.54, 1.807) is 6.08 Å². The Morgan fingerprint density at radius 2 is 1.92 bits per heavy atom. The fourth-order valence-corrected chi connectivity index (χ4v) is 8.96. The van der Waals surface area contributed by atoms with E-state index in [-0.39, 0.29) is 30.9 Å². The van der Waals surface area contributed by atoms with Gasteiger partial charge >= 0.3 is 5.97 Å². The van der Waals surface area contributed by atoms with Crippen LogP contribution in [0, 0.1) is 11.3 Å². The second-order valence-corrected chi connectivity index (χ2v) is 13.1. The standard InChI is InChI=1S/C31H37NO7/c1-17(33)36-12-13-37-24-15-18-14-20-19-8-6-7-9-21(19)32-25(20)29(18,5)28(4)10-11-30-23(31(24,28)35)16-22(34)26(38-30)27(2,3)39-30/h6-9,16,18,24,26,32,35H,10-15H2,1-5H3/t18-,24+,26?,28?,29-,30+,31+/m1/s1. The van der Waals surface area contributed by atoms with Crippen molar-refractivity contribution in [3.8, 4) is 0 Å². The zero-order valence-corrected chi connectivity index (χ0v) is 23.3. The van der Waals surface area contributed by atoms with Crippen LogP contribution in [0.3, 0.4) is 0 Å². The fraction of sp³-hybridized carbons (Fsp3) is 0.613. The monoisotopic (exact) mass is 535 g/mol. The van der Waals surface area contributed by atoms with Crippen molar-refractivity contribution in [2.24, 2.45) is 11.3 Å². The number of aromatic amines is 1. The van der Waals surface area contributed by atoms with Crippen molar-refractivity contribution < 1.29 is 33.6 Å². The van der Waals surface area contributed by atoms with Crippen molar-refractivity contribution in [1.82, 2.24) is 4.98 Å². The van der Waals surface area contributed by atoms with E-state index in [1.165, 1.54) is 17.9 Å². The van der Waals surface area contributed by atoms with Gasteiger partial charge in [0.2, 0.25) is 0 Å². The second-order valence-electron chi connectivity index (χ2n) is 13.1. The first-order valence-electron chi connectivity index (χ1n) is 14.1. The maximum absolute atomic E-state index is 13.4. The number of nitrogens with one attached hydrogen (secondary N) is 1. The van der Waals surface area contributed by atoms with Crippen LogP contribution < -0.4 is 0 Å². The lowest BCUT2D eigenvalue weighted by Crippen LogP contribution is -2.74. The molecular weight excluding hydrogens is 498 g/mol. The molecule has 8 nitrogen and oxygen atoms in total. The second kappa shape index (κ2) is 7.81. The third kappa shape index (κ3) is 2.98. The van der Waals surface area contributed by atoms with Crippen LogP contribution in [-0.2, 0) is 40.4 Å². The number of para-hydroxylation sites is 1. The molecule has 39 heavy (non-hydrogen) atoms. The van der Waals surface area contributed by atoms with Crippen molar-refractivity contribution in [2.75, 3.05) is 13.2 Å². The van der Waals surface area contributed by atoms with Gasteiger partial charge in [0.15, 0.2) is 17.7 Å². The number of rotatable bonds is 4. The summed E-state index contributed by atoms with van der Waals surface area (Å²) in [5.74, 6) is -1.54. The highest BCUT2D eigenvalue weighted by molar-refractivity contribution is 5.97. The van der Waals surface area contributed by atoms with Gasteiger partial charge in [-0.25, -0.2) is 0 Å². The lowest BCUT2D eigenvalue weighted by molar-refractivity contribution is -0.281. The minimum Gasteiger partial charge on any atom is -0.463 e. The average molecular weight is 536 g/mol. The molecule has 8 heteroatoms. The molecule has 2 aliphatic heterocycles. The quantitative estimate of drug-likeness (QED) is 0.452. The lowest BCUT2D eigenvalue weighted by Gasteiger charge is -2.67. The first kappa shape index (κ1) is 25.4. The molecule has 7 rings (SSSR count). The van der Waals surface area contributed by atoms with Gasteiger partial charge in [-0.3, -0.25) is 9.59 Å². The molecule has 3 heterocycles. The first-order chi connectivity index (χ1) is 18.4. The molecule has 208 valence electrons. The summed E-state index contributed by atoms with van der Waals surface area (Å²) >= 11 is 0. The molecule has 1 aromatic heterocycles. The Balaban J connectivity index is 1.39. The van der Waals surface area contributed by atoms with E-state index in [0.717, 1.165) is 17.6 Å². The largest absolute Gasteiger partial charge is 0.463 e. The summed E-state index contributed by atoms with van der Waals surface area (Å²) in [5.41, 5.74) is 0.505. The lowest BCUT2D eigenvalue weighted by atomic mass is 9.41. The maximum atomic E-state index is 13.4. The molecule has 3 fully saturated rings. The number of aromatic nitrogens is 1. The summed E-state index contributed by atoms with van der Waals surface area (Å²) in [5, 5.41) is 14.4. The third-order valence-electron chi connectivity index (χ3n) is 10.9. The highest BCUT2D eigenvalue weighted by atomic mass is 16.8. The van der Waals surface area contributed by atoms with E-state index in [2.05, 4.69) is 37.0 Å². The predicted octanol–water partition coefficient (Wildman–Crippen LogP) is 3.88. The predicted molar refractivity (Wildman–Crippen MR) is 142 cm³/mol. The highest BCUT2D eigenvalue weighted by Crippen LogP contribution is 2.72. The number of ketones is 1. The Labute approximate surface area is 228 Å². The van der Waals surface area contributed by atoms with Gasteiger partial charge in [-0.15, -0.1) is 0 Å². The van der Waals surface area contributed by atoms with Crippen LogP contribution in [0.4, 0.5) is 0 Å². The van der Waals surface area contributed by atoms with Gasteiger partial charge in [0.05, 0.1) is 12.7 Å². The Morgan fingerprint density at radius 1 is 1.15 bits per heavy atom. The number of benzene rings is 1. The van der Waals surface area contributed by atoms with Gasteiger partial charge in [0.1, 0.15) is 17.8 Å². The van der Waals surface area contributed by atoms with Crippen LogP contribution in [0.2, 0.25) is 0 Å². The summed E-state index contributed by atoms with van der Waals surface area (Å²) in [6, 6.07) is 8.36. The molecule has 5 aliphatic rings. The number of hydrogen-bond acceptors (Lipinski definition) is 7. The Hall–Kier alpha value is -2.52. The van der Waals surface area contributed by atoms with Gasteiger partial charge in [-0.05, 0) is 56.7 Å². The summed E-state index contributed by atoms with van der Waals surface area (Å²) < 4.78 is 24.5. The van der Waals surface area contributed by atoms with E-state index in [0.29, 0.717) is 24.8 Å². The van der Waals surface area contributed by atoms with Gasteiger partial charge in [0, 0.05) is 46.3 Å². The Bertz CT molecular complexity index is 1440. The highest BCUT2D eigenvalue weighted by Gasteiger charge is 2.78. The molecule has 2 aromatic rings. The SMILES string of the molecule is CC(=O)OCCO[C@H]1C[C@H]2Cc3c([nH]c4ccccc34)[C@]2(C)C2(C)CC[C@@]34OC(C(=O)C=C3[C@]12O)C(C)(C)O4. The molecule has 2 unspecified atom stereocenters. The minimum atomic E-state index is -1.56. The van der Waals surface area contributed by atoms with Gasteiger partial charge in [-0.1, -0.05) is 32.0 Å². The normalized spacial score (nSPS) is 41.4. The van der Waals surface area contributed by atoms with E-state index in [4.69, 9.17) is 18.9 Å². The maximum Gasteiger partial charge on any atom is 0.302 e. The number of ether oxygens (including phenoxy) is 4. The third-order valence-corrected chi connectivity index (χ3v) is 10.9. The summed E-state index contributed by atoms with van der Waals surface area (Å²) in [7, 11) is 0. The van der Waals surface area contributed by atoms with Crippen molar-refractivity contribution in [1.29, 1.82) is 0 Å². The van der Waals surface area contributed by atoms with Crippen LogP contribution in [0.5, 0.6) is 0 Å². The molecule has 2 N–H and O–H groups in total. The molecule has 0 radical (unpaired) electrons. The average Bonchev–Trinajstić information content (AvgIpc) is 3.46. The summed E-state index contributed by atoms with van der Waals surface area (Å²) in [6.07, 6.45) is 2.83. The number of fused-ring (bicyclic) bond motifs is 9. The molecule has 2 saturated carbocycles. The summed E-state index contributed by atoms with van der Waals surface area (Å²) in [6.45, 7) is 9.76. The molecular formula is C31H37NO7. The van der Waals surface area contributed by atoms with Gasteiger partial charge in [0.25, 0.3) is 0 Å². The smallest absolute Gasteiger partial charge is 0.302 e. The van der Waals surface area contributed by atoms with Crippen molar-refractivity contribution >= 4 is 22.7 Å². The Kier molecular flexibility index (Phi) is 5.10. The molecule has 1 aromatic carbocycles. The Morgan fingerprint density at radius 3 is 2.69 bits per heavy atom. The van der Waals surface area contributed by atoms with Crippen LogP contribution in [0.15, 0.2) is 35.9 Å². The van der Waals surface area contributed by atoms with Crippen molar-refractivity contribution in [2.45, 2.75) is 94.9 Å². The molecule has 7 atom stereocenters. The number of H-pyrrole nitrogens is 1. The number of carbonyl (C=O) groups is 2. The van der Waals surface area contributed by atoms with Crippen LogP contribution in [0.1, 0.15) is 65.1 Å². The number of carbonyl (C=O) groups excluding carboxylic acids is 2.